The molecule has 16 nitrogen and oxygen atoms in total. The Bertz CT molecular complexity index is 631. The predicted molar refractivity (Wildman–Crippen MR) is 198 cm³/mol. The minimum atomic E-state index is -1.21. The molecule has 1 rings (SSSR count). The molecule has 49 heavy (non-hydrogen) atoms. The molecule has 0 bridgehead atoms. The van der Waals surface area contributed by atoms with Crippen LogP contribution in [-0.4, -0.2) is 169 Å². The van der Waals surface area contributed by atoms with Gasteiger partial charge in [-0.25, -0.2) is 0 Å². The van der Waals surface area contributed by atoms with Crippen LogP contribution in [0.15, 0.2) is 30.3 Å². The summed E-state index contributed by atoms with van der Waals surface area (Å²) in [6.07, 6.45) is -0.667. The maximum Gasteiger partial charge on any atom is 0.0856 e. The lowest BCUT2D eigenvalue weighted by Gasteiger charge is -2.20. The Hall–Kier alpha value is -1.42. The van der Waals surface area contributed by atoms with Crippen LogP contribution in [0, 0.1) is 0 Å². The highest BCUT2D eigenvalue weighted by atomic mass is 16.3. The van der Waals surface area contributed by atoms with Gasteiger partial charge in [-0.3, -0.25) is 4.90 Å². The molecule has 1 aromatic carbocycles. The van der Waals surface area contributed by atoms with Crippen molar-refractivity contribution in [3.63, 3.8) is 0 Å². The average molecular weight is 722 g/mol. The Morgan fingerprint density at radius 2 is 0.816 bits per heavy atom. The summed E-state index contributed by atoms with van der Waals surface area (Å²) in [5.74, 6) is 0. The molecular weight excluding hydrogens is 642 g/mol. The highest BCUT2D eigenvalue weighted by Gasteiger charge is 2.20. The molecule has 0 amide bonds. The third kappa shape index (κ3) is 87.2. The van der Waals surface area contributed by atoms with Crippen LogP contribution in [0.2, 0.25) is 0 Å². The summed E-state index contributed by atoms with van der Waals surface area (Å²) >= 11 is 0. The number of aliphatic hydroxyl groups is 11. The molecule has 0 heterocycles. The van der Waals surface area contributed by atoms with E-state index < -0.39 is 30.9 Å². The second-order valence-electron chi connectivity index (χ2n) is 12.0. The maximum absolute atomic E-state index is 8.82. The van der Waals surface area contributed by atoms with Crippen molar-refractivity contribution < 1.29 is 56.2 Å². The zero-order valence-corrected chi connectivity index (χ0v) is 31.9. The zero-order valence-electron chi connectivity index (χ0n) is 31.9. The molecule has 0 atom stereocenters. The van der Waals surface area contributed by atoms with Gasteiger partial charge in [0, 0.05) is 57.1 Å². The average Bonchev–Trinajstić information content (AvgIpc) is 3.01. The lowest BCUT2D eigenvalue weighted by atomic mass is 10.1. The summed E-state index contributed by atoms with van der Waals surface area (Å²) < 4.78 is 0. The number of aliphatic hydroxyl groups excluding tert-OH is 11. The van der Waals surface area contributed by atoms with E-state index in [1.165, 1.54) is 5.56 Å². The molecule has 0 saturated heterocycles. The predicted octanol–water partition coefficient (Wildman–Crippen LogP) is -2.73. The standard InChI is InChI=1S/C11H17NO2.C4H11NO3.C4H11NO2.4C3H8O.C2H8N2/c13-8-6-12(7-9-14)10-11-4-2-1-3-5-11;5-4(1-6,2-7)3-8;1-4(5,2-6)3-7;4*1-3(2)4;3-1-2-4/h1-5,13-14H,6-10H2;6-8H,1-3,5H2;6-7H,2-3,5H2,1H3;4*3-4H,1-2H3;1-4H2. The largest absolute Gasteiger partial charge is 0.395 e. The Balaban J connectivity index is -0.0000000879. The van der Waals surface area contributed by atoms with Crippen LogP contribution in [-0.2, 0) is 6.54 Å². The molecular formula is C33H79N5O11. The van der Waals surface area contributed by atoms with Crippen molar-refractivity contribution in [1.82, 2.24) is 4.90 Å². The van der Waals surface area contributed by atoms with E-state index in [0.717, 1.165) is 6.54 Å². The Kier molecular flexibility index (Phi) is 59.6. The monoisotopic (exact) mass is 722 g/mol. The van der Waals surface area contributed by atoms with E-state index in [1.54, 1.807) is 62.3 Å². The van der Waals surface area contributed by atoms with Crippen LogP contribution < -0.4 is 22.9 Å². The number of benzene rings is 1. The van der Waals surface area contributed by atoms with Gasteiger partial charge < -0.3 is 79.1 Å². The highest BCUT2D eigenvalue weighted by Crippen LogP contribution is 2.03. The number of rotatable bonds is 12. The molecule has 0 saturated carbocycles. The smallest absolute Gasteiger partial charge is 0.0856 e. The van der Waals surface area contributed by atoms with E-state index >= 15 is 0 Å². The van der Waals surface area contributed by atoms with E-state index in [9.17, 15) is 0 Å². The molecule has 0 spiro atoms. The molecule has 0 aliphatic carbocycles. The number of hydrogen-bond donors (Lipinski definition) is 15. The minimum absolute atomic E-state index is 0.132. The van der Waals surface area contributed by atoms with Crippen molar-refractivity contribution in [3.8, 4) is 0 Å². The molecule has 302 valence electrons. The van der Waals surface area contributed by atoms with Crippen LogP contribution in [0.1, 0.15) is 67.9 Å². The number of nitrogens with zero attached hydrogens (tertiary/aromatic N) is 1. The normalized spacial score (nSPS) is 10.3. The maximum atomic E-state index is 8.82. The summed E-state index contributed by atoms with van der Waals surface area (Å²) in [6.45, 7) is 17.2. The van der Waals surface area contributed by atoms with Gasteiger partial charge in [0.05, 0.1) is 57.3 Å². The number of nitrogens with two attached hydrogens (primary N) is 4. The van der Waals surface area contributed by atoms with Crippen molar-refractivity contribution in [1.29, 1.82) is 0 Å². The van der Waals surface area contributed by atoms with Crippen molar-refractivity contribution >= 4 is 0 Å². The van der Waals surface area contributed by atoms with Crippen molar-refractivity contribution in [2.24, 2.45) is 22.9 Å². The summed E-state index contributed by atoms with van der Waals surface area (Å²) in [6, 6.07) is 10.0. The van der Waals surface area contributed by atoms with Crippen LogP contribution in [0.5, 0.6) is 0 Å². The lowest BCUT2D eigenvalue weighted by molar-refractivity contribution is 0.0697. The fraction of sp³-hybridized carbons (Fsp3) is 0.818. The second kappa shape index (κ2) is 46.6. The Labute approximate surface area is 296 Å². The van der Waals surface area contributed by atoms with Gasteiger partial charge in [-0.2, -0.15) is 0 Å². The van der Waals surface area contributed by atoms with Crippen LogP contribution in [0.4, 0.5) is 0 Å². The van der Waals surface area contributed by atoms with Gasteiger partial charge >= 0.3 is 0 Å². The van der Waals surface area contributed by atoms with Crippen LogP contribution in [0.25, 0.3) is 0 Å². The first kappa shape index (κ1) is 62.7. The van der Waals surface area contributed by atoms with Gasteiger partial charge in [-0.1, -0.05) is 30.3 Å². The first-order valence-electron chi connectivity index (χ1n) is 16.2. The Morgan fingerprint density at radius 1 is 0.551 bits per heavy atom. The molecule has 1 aromatic rings. The third-order valence-electron chi connectivity index (χ3n) is 3.92. The van der Waals surface area contributed by atoms with Gasteiger partial charge in [0.25, 0.3) is 0 Å². The lowest BCUT2D eigenvalue weighted by Crippen LogP contribution is -2.50. The van der Waals surface area contributed by atoms with Gasteiger partial charge in [0.15, 0.2) is 0 Å². The van der Waals surface area contributed by atoms with Gasteiger partial charge in [0.2, 0.25) is 0 Å². The first-order chi connectivity index (χ1) is 22.5. The summed E-state index contributed by atoms with van der Waals surface area (Å²) in [5.41, 5.74) is 19.4. The highest BCUT2D eigenvalue weighted by molar-refractivity contribution is 5.14. The molecule has 0 unspecified atom stereocenters. The van der Waals surface area contributed by atoms with Gasteiger partial charge in [0.1, 0.15) is 0 Å². The molecule has 16 heteroatoms. The zero-order chi connectivity index (χ0) is 40.5. The fourth-order valence-corrected chi connectivity index (χ4v) is 1.59. The van der Waals surface area contributed by atoms with Crippen molar-refractivity contribution in [2.75, 3.05) is 72.4 Å². The second-order valence-corrected chi connectivity index (χ2v) is 12.0. The quantitative estimate of drug-likeness (QED) is 0.104. The molecule has 0 aliphatic heterocycles. The summed E-state index contributed by atoms with van der Waals surface area (Å²) in [5, 5.41) is 91.5. The first-order valence-corrected chi connectivity index (χ1v) is 16.2. The topological polar surface area (TPSA) is 330 Å². The fourth-order valence-electron chi connectivity index (χ4n) is 1.59. The molecule has 0 fully saturated rings. The van der Waals surface area contributed by atoms with Crippen molar-refractivity contribution in [2.45, 2.75) is 104 Å². The van der Waals surface area contributed by atoms with Crippen LogP contribution >= 0.6 is 0 Å². The summed E-state index contributed by atoms with van der Waals surface area (Å²) in [4.78, 5) is 2.02. The third-order valence-corrected chi connectivity index (χ3v) is 3.92. The van der Waals surface area contributed by atoms with E-state index in [0.29, 0.717) is 26.2 Å². The van der Waals surface area contributed by atoms with E-state index in [-0.39, 0.29) is 50.8 Å². The van der Waals surface area contributed by atoms with Crippen LogP contribution in [0.3, 0.4) is 0 Å². The van der Waals surface area contributed by atoms with E-state index in [2.05, 4.69) is 0 Å². The van der Waals surface area contributed by atoms with Gasteiger partial charge in [-0.15, -0.1) is 0 Å². The minimum Gasteiger partial charge on any atom is -0.395 e. The molecule has 0 radical (unpaired) electrons. The van der Waals surface area contributed by atoms with Crippen molar-refractivity contribution in [3.05, 3.63) is 35.9 Å². The molecule has 0 aliphatic rings. The van der Waals surface area contributed by atoms with E-state index in [4.69, 9.17) is 79.1 Å². The van der Waals surface area contributed by atoms with E-state index in [1.807, 2.05) is 35.2 Å². The summed E-state index contributed by atoms with van der Waals surface area (Å²) in [7, 11) is 0. The SMILES string of the molecule is CC(C)O.CC(C)O.CC(C)O.CC(C)O.CC(N)(CO)CO.NC(CO)(CO)CO.NCCN.OCCN(CCO)Cc1ccccc1. The molecule has 0 aromatic heterocycles. The molecule has 19 N–H and O–H groups in total. The number of hydrogen-bond acceptors (Lipinski definition) is 16. The van der Waals surface area contributed by atoms with Gasteiger partial charge in [-0.05, 0) is 67.9 Å². The Morgan fingerprint density at radius 3 is 0.959 bits per heavy atom.